The van der Waals surface area contributed by atoms with Crippen molar-refractivity contribution in [3.63, 3.8) is 0 Å². The number of hydrogen-bond acceptors (Lipinski definition) is 2. The molecule has 0 unspecified atom stereocenters. The summed E-state index contributed by atoms with van der Waals surface area (Å²) in [4.78, 5) is 0. The Bertz CT molecular complexity index is 361. The average Bonchev–Trinajstić information content (AvgIpc) is 2.79. The van der Waals surface area contributed by atoms with E-state index in [2.05, 4.69) is 37.4 Å². The molecular weight excluding hydrogens is 198 g/mol. The molecule has 0 bridgehead atoms. The van der Waals surface area contributed by atoms with Gasteiger partial charge in [-0.3, -0.25) is 4.68 Å². The third-order valence-corrected chi connectivity index (χ3v) is 3.45. The second kappa shape index (κ2) is 4.21. The van der Waals surface area contributed by atoms with E-state index in [9.17, 15) is 0 Å². The highest BCUT2D eigenvalue weighted by Crippen LogP contribution is 2.44. The van der Waals surface area contributed by atoms with Gasteiger partial charge in [0.05, 0.1) is 5.69 Å². The van der Waals surface area contributed by atoms with E-state index in [1.807, 2.05) is 11.7 Å². The number of nitrogens with one attached hydrogen (secondary N) is 1. The molecule has 1 fully saturated rings. The van der Waals surface area contributed by atoms with E-state index in [-0.39, 0.29) is 0 Å². The van der Waals surface area contributed by atoms with Crippen LogP contribution in [0.15, 0.2) is 6.20 Å². The fourth-order valence-electron chi connectivity index (χ4n) is 2.07. The fourth-order valence-corrected chi connectivity index (χ4v) is 2.07. The van der Waals surface area contributed by atoms with Gasteiger partial charge in [-0.25, -0.2) is 0 Å². The first-order chi connectivity index (χ1) is 7.50. The number of rotatable bonds is 5. The molecule has 0 aliphatic heterocycles. The molecule has 1 aliphatic carbocycles. The lowest BCUT2D eigenvalue weighted by molar-refractivity contribution is 0.498. The van der Waals surface area contributed by atoms with Crippen molar-refractivity contribution in [1.82, 2.24) is 15.1 Å². The molecular formula is C13H23N3. The van der Waals surface area contributed by atoms with Crippen LogP contribution in [-0.4, -0.2) is 16.3 Å². The van der Waals surface area contributed by atoms with Crippen molar-refractivity contribution in [2.75, 3.05) is 6.54 Å². The molecule has 3 nitrogen and oxygen atoms in total. The van der Waals surface area contributed by atoms with Gasteiger partial charge in [0, 0.05) is 31.9 Å². The van der Waals surface area contributed by atoms with Gasteiger partial charge >= 0.3 is 0 Å². The zero-order valence-corrected chi connectivity index (χ0v) is 10.9. The zero-order chi connectivity index (χ0) is 11.8. The van der Waals surface area contributed by atoms with Crippen molar-refractivity contribution < 1.29 is 0 Å². The maximum absolute atomic E-state index is 4.52. The lowest BCUT2D eigenvalue weighted by Crippen LogP contribution is -2.21. The Morgan fingerprint density at radius 3 is 2.75 bits per heavy atom. The minimum Gasteiger partial charge on any atom is -0.312 e. The third kappa shape index (κ3) is 2.64. The van der Waals surface area contributed by atoms with Crippen molar-refractivity contribution >= 4 is 0 Å². The average molecular weight is 221 g/mol. The van der Waals surface area contributed by atoms with Crippen molar-refractivity contribution in [3.8, 4) is 0 Å². The van der Waals surface area contributed by atoms with Crippen LogP contribution in [0.25, 0.3) is 0 Å². The van der Waals surface area contributed by atoms with Gasteiger partial charge in [-0.2, -0.15) is 5.10 Å². The Morgan fingerprint density at radius 1 is 1.50 bits per heavy atom. The van der Waals surface area contributed by atoms with Crippen molar-refractivity contribution in [2.45, 2.75) is 46.1 Å². The Labute approximate surface area is 98.2 Å². The lowest BCUT2D eigenvalue weighted by Gasteiger charge is -2.10. The quantitative estimate of drug-likeness (QED) is 0.827. The van der Waals surface area contributed by atoms with Crippen LogP contribution in [0.4, 0.5) is 0 Å². The van der Waals surface area contributed by atoms with Crippen LogP contribution in [0.2, 0.25) is 0 Å². The molecule has 1 saturated carbocycles. The van der Waals surface area contributed by atoms with Gasteiger partial charge < -0.3 is 5.32 Å². The highest BCUT2D eigenvalue weighted by atomic mass is 15.3. The molecule has 1 N–H and O–H groups in total. The van der Waals surface area contributed by atoms with Crippen LogP contribution in [-0.2, 0) is 13.6 Å². The standard InChI is InChI=1S/C13H23N3/c1-10(2)12-11(8-16(4)15-12)7-14-9-13(3)5-6-13/h8,10,14H,5-7,9H2,1-4H3. The smallest absolute Gasteiger partial charge is 0.0694 e. The van der Waals surface area contributed by atoms with Gasteiger partial charge in [-0.05, 0) is 24.2 Å². The van der Waals surface area contributed by atoms with Crippen LogP contribution < -0.4 is 5.32 Å². The molecule has 1 aromatic rings. The third-order valence-electron chi connectivity index (χ3n) is 3.45. The number of aromatic nitrogens is 2. The second-order valence-electron chi connectivity index (χ2n) is 5.78. The monoisotopic (exact) mass is 221 g/mol. The van der Waals surface area contributed by atoms with Gasteiger partial charge in [-0.15, -0.1) is 0 Å². The molecule has 16 heavy (non-hydrogen) atoms. The topological polar surface area (TPSA) is 29.9 Å². The molecule has 0 amide bonds. The predicted molar refractivity (Wildman–Crippen MR) is 66.3 cm³/mol. The van der Waals surface area contributed by atoms with Crippen LogP contribution in [0.3, 0.4) is 0 Å². The molecule has 1 heterocycles. The summed E-state index contributed by atoms with van der Waals surface area (Å²) >= 11 is 0. The van der Waals surface area contributed by atoms with E-state index in [1.54, 1.807) is 0 Å². The first-order valence-corrected chi connectivity index (χ1v) is 6.23. The van der Waals surface area contributed by atoms with Crippen molar-refractivity contribution in [3.05, 3.63) is 17.5 Å². The molecule has 0 radical (unpaired) electrons. The molecule has 3 heteroatoms. The fraction of sp³-hybridized carbons (Fsp3) is 0.769. The maximum atomic E-state index is 4.52. The Kier molecular flexibility index (Phi) is 3.06. The highest BCUT2D eigenvalue weighted by molar-refractivity contribution is 5.20. The molecule has 1 aromatic heterocycles. The number of hydrogen-bond donors (Lipinski definition) is 1. The summed E-state index contributed by atoms with van der Waals surface area (Å²) in [6, 6.07) is 0. The minimum atomic E-state index is 0.509. The van der Waals surface area contributed by atoms with Gasteiger partial charge in [0.15, 0.2) is 0 Å². The zero-order valence-electron chi connectivity index (χ0n) is 10.9. The summed E-state index contributed by atoms with van der Waals surface area (Å²) in [7, 11) is 2.00. The Morgan fingerprint density at radius 2 is 2.19 bits per heavy atom. The molecule has 90 valence electrons. The largest absolute Gasteiger partial charge is 0.312 e. The predicted octanol–water partition coefficient (Wildman–Crippen LogP) is 2.43. The van der Waals surface area contributed by atoms with E-state index < -0.39 is 0 Å². The van der Waals surface area contributed by atoms with Crippen LogP contribution in [0.5, 0.6) is 0 Å². The van der Waals surface area contributed by atoms with Gasteiger partial charge in [0.1, 0.15) is 0 Å². The highest BCUT2D eigenvalue weighted by Gasteiger charge is 2.36. The van der Waals surface area contributed by atoms with Crippen molar-refractivity contribution in [2.24, 2.45) is 12.5 Å². The molecule has 0 spiro atoms. The van der Waals surface area contributed by atoms with E-state index in [0.717, 1.165) is 13.1 Å². The summed E-state index contributed by atoms with van der Waals surface area (Å²) in [5.74, 6) is 0.509. The Balaban J connectivity index is 1.92. The van der Waals surface area contributed by atoms with Crippen LogP contribution in [0, 0.1) is 5.41 Å². The summed E-state index contributed by atoms with van der Waals surface area (Å²) < 4.78 is 1.92. The van der Waals surface area contributed by atoms with Crippen LogP contribution >= 0.6 is 0 Å². The second-order valence-corrected chi connectivity index (χ2v) is 5.78. The molecule has 1 aliphatic rings. The SMILES string of the molecule is CC(C)c1nn(C)cc1CNCC1(C)CC1. The normalized spacial score (nSPS) is 18.1. The molecule has 2 rings (SSSR count). The van der Waals surface area contributed by atoms with Gasteiger partial charge in [-0.1, -0.05) is 20.8 Å². The minimum absolute atomic E-state index is 0.509. The number of nitrogens with zero attached hydrogens (tertiary/aromatic N) is 2. The number of aryl methyl sites for hydroxylation is 1. The van der Waals surface area contributed by atoms with Gasteiger partial charge in [0.25, 0.3) is 0 Å². The van der Waals surface area contributed by atoms with Crippen molar-refractivity contribution in [1.29, 1.82) is 0 Å². The van der Waals surface area contributed by atoms with E-state index in [1.165, 1.54) is 24.1 Å². The van der Waals surface area contributed by atoms with E-state index >= 15 is 0 Å². The first-order valence-electron chi connectivity index (χ1n) is 6.23. The molecule has 0 aromatic carbocycles. The summed E-state index contributed by atoms with van der Waals surface area (Å²) in [6.07, 6.45) is 4.89. The molecule has 0 atom stereocenters. The van der Waals surface area contributed by atoms with Gasteiger partial charge in [0.2, 0.25) is 0 Å². The van der Waals surface area contributed by atoms with Crippen LogP contribution in [0.1, 0.15) is 50.8 Å². The lowest BCUT2D eigenvalue weighted by atomic mass is 10.1. The first kappa shape index (κ1) is 11.6. The Hall–Kier alpha value is -0.830. The summed E-state index contributed by atoms with van der Waals surface area (Å²) in [5.41, 5.74) is 3.16. The summed E-state index contributed by atoms with van der Waals surface area (Å²) in [5, 5.41) is 8.08. The van der Waals surface area contributed by atoms with E-state index in [4.69, 9.17) is 0 Å². The molecule has 0 saturated heterocycles. The summed E-state index contributed by atoms with van der Waals surface area (Å²) in [6.45, 7) is 8.85. The van der Waals surface area contributed by atoms with E-state index in [0.29, 0.717) is 11.3 Å². The maximum Gasteiger partial charge on any atom is 0.0694 e.